The van der Waals surface area contributed by atoms with Gasteiger partial charge in [0.2, 0.25) is 5.91 Å². The van der Waals surface area contributed by atoms with Crippen molar-refractivity contribution < 1.29 is 9.53 Å². The summed E-state index contributed by atoms with van der Waals surface area (Å²) < 4.78 is 5.60. The van der Waals surface area contributed by atoms with Crippen LogP contribution in [0.3, 0.4) is 0 Å². The van der Waals surface area contributed by atoms with Crippen molar-refractivity contribution in [3.8, 4) is 18.1 Å². The average molecular weight is 297 g/mol. The summed E-state index contributed by atoms with van der Waals surface area (Å²) in [5, 5.41) is 11.2. The number of fused-ring (bicyclic) bond motifs is 1. The zero-order chi connectivity index (χ0) is 15.4. The van der Waals surface area contributed by atoms with E-state index in [1.54, 1.807) is 0 Å². The largest absolute Gasteiger partial charge is 0.493 e. The molecule has 5 nitrogen and oxygen atoms in total. The van der Waals surface area contributed by atoms with Crippen LogP contribution in [0, 0.1) is 12.3 Å². The van der Waals surface area contributed by atoms with E-state index in [1.165, 1.54) is 0 Å². The average Bonchev–Trinajstić information content (AvgIpc) is 3.32. The van der Waals surface area contributed by atoms with Gasteiger partial charge in [-0.25, -0.2) is 0 Å². The Morgan fingerprint density at radius 3 is 3.00 bits per heavy atom. The summed E-state index contributed by atoms with van der Waals surface area (Å²) in [5.41, 5.74) is 0.655. The Morgan fingerprint density at radius 1 is 1.41 bits per heavy atom. The fraction of sp³-hybridized carbons (Fsp3) is 0.471. The van der Waals surface area contributed by atoms with Crippen LogP contribution >= 0.6 is 0 Å². The van der Waals surface area contributed by atoms with E-state index in [0.29, 0.717) is 25.9 Å². The van der Waals surface area contributed by atoms with Crippen LogP contribution < -0.4 is 10.1 Å². The highest BCUT2D eigenvalue weighted by Gasteiger charge is 2.39. The first-order valence-corrected chi connectivity index (χ1v) is 7.61. The second-order valence-corrected chi connectivity index (χ2v) is 5.68. The number of nitrogens with zero attached hydrogens (tertiary/aromatic N) is 2. The molecule has 0 saturated heterocycles. The quantitative estimate of drug-likeness (QED) is 0.820. The van der Waals surface area contributed by atoms with E-state index in [0.717, 1.165) is 24.2 Å². The molecule has 0 fully saturated rings. The van der Waals surface area contributed by atoms with E-state index >= 15 is 0 Å². The third-order valence-electron chi connectivity index (χ3n) is 4.10. The maximum absolute atomic E-state index is 12.2. The highest BCUT2D eigenvalue weighted by molar-refractivity contribution is 5.76. The summed E-state index contributed by atoms with van der Waals surface area (Å²) in [4.78, 5) is 12.2. The molecule has 2 heterocycles. The number of ether oxygens (including phenoxy) is 1. The summed E-state index contributed by atoms with van der Waals surface area (Å²) >= 11 is 0. The smallest absolute Gasteiger partial charge is 0.220 e. The zero-order valence-corrected chi connectivity index (χ0v) is 12.4. The van der Waals surface area contributed by atoms with Crippen LogP contribution in [0.5, 0.6) is 5.75 Å². The lowest BCUT2D eigenvalue weighted by Crippen LogP contribution is -2.32. The van der Waals surface area contributed by atoms with Crippen molar-refractivity contribution >= 4 is 5.91 Å². The molecular formula is C17H19N3O2. The highest BCUT2D eigenvalue weighted by Crippen LogP contribution is 2.38. The molecule has 1 unspecified atom stereocenters. The number of para-hydroxylation sites is 1. The third kappa shape index (κ3) is 3.28. The lowest BCUT2D eigenvalue weighted by atomic mass is 9.99. The standard InChI is InChI=1S/C17H19N3O2/c1-2-3-10-17(19-20-17)11-8-16(21)18-14-9-12-22-15-7-5-4-6-13(14)15/h1,4-7,14H,3,8-12H2,(H,18,21). The van der Waals surface area contributed by atoms with E-state index in [1.807, 2.05) is 24.3 Å². The number of rotatable bonds is 6. The van der Waals surface area contributed by atoms with Gasteiger partial charge in [0.05, 0.1) is 12.6 Å². The van der Waals surface area contributed by atoms with E-state index in [-0.39, 0.29) is 11.9 Å². The van der Waals surface area contributed by atoms with Gasteiger partial charge in [-0.15, -0.1) is 12.3 Å². The molecule has 2 aliphatic heterocycles. The number of carbonyl (C=O) groups excluding carboxylic acids is 1. The predicted octanol–water partition coefficient (Wildman–Crippen LogP) is 2.98. The van der Waals surface area contributed by atoms with Crippen molar-refractivity contribution in [2.45, 2.75) is 43.8 Å². The molecule has 0 aromatic heterocycles. The number of terminal acetylenes is 1. The molecule has 0 saturated carbocycles. The molecule has 0 spiro atoms. The van der Waals surface area contributed by atoms with Crippen LogP contribution in [-0.4, -0.2) is 18.2 Å². The number of amides is 1. The van der Waals surface area contributed by atoms with Crippen LogP contribution in [0.4, 0.5) is 0 Å². The van der Waals surface area contributed by atoms with Crippen LogP contribution in [0.2, 0.25) is 0 Å². The van der Waals surface area contributed by atoms with E-state index < -0.39 is 5.66 Å². The van der Waals surface area contributed by atoms with Gasteiger partial charge in [-0.2, -0.15) is 10.2 Å². The second kappa shape index (κ2) is 6.18. The monoisotopic (exact) mass is 297 g/mol. The van der Waals surface area contributed by atoms with Gasteiger partial charge in [0.25, 0.3) is 0 Å². The van der Waals surface area contributed by atoms with Gasteiger partial charge in [0.15, 0.2) is 5.66 Å². The Bertz CT molecular complexity index is 627. The Morgan fingerprint density at radius 2 is 2.23 bits per heavy atom. The topological polar surface area (TPSA) is 63.0 Å². The number of benzene rings is 1. The molecule has 3 rings (SSSR count). The van der Waals surface area contributed by atoms with Gasteiger partial charge in [0, 0.05) is 37.7 Å². The van der Waals surface area contributed by atoms with Gasteiger partial charge in [-0.1, -0.05) is 18.2 Å². The molecule has 1 N–H and O–H groups in total. The number of carbonyl (C=O) groups is 1. The highest BCUT2D eigenvalue weighted by atomic mass is 16.5. The Kier molecular flexibility index (Phi) is 4.10. The van der Waals surface area contributed by atoms with Gasteiger partial charge >= 0.3 is 0 Å². The number of hydrogen-bond donors (Lipinski definition) is 1. The molecule has 1 atom stereocenters. The molecular weight excluding hydrogens is 278 g/mol. The first-order chi connectivity index (χ1) is 10.7. The lowest BCUT2D eigenvalue weighted by molar-refractivity contribution is -0.122. The van der Waals surface area contributed by atoms with Crippen molar-refractivity contribution in [2.24, 2.45) is 10.2 Å². The van der Waals surface area contributed by atoms with Gasteiger partial charge < -0.3 is 10.1 Å². The Hall–Kier alpha value is -2.35. The minimum Gasteiger partial charge on any atom is -0.493 e. The van der Waals surface area contributed by atoms with Crippen molar-refractivity contribution in [1.29, 1.82) is 0 Å². The molecule has 0 bridgehead atoms. The normalized spacial score (nSPS) is 20.4. The SMILES string of the molecule is C#CCCC1(CCC(=O)NC2CCOc3ccccc32)N=N1. The third-order valence-corrected chi connectivity index (χ3v) is 4.10. The first-order valence-electron chi connectivity index (χ1n) is 7.61. The molecule has 1 amide bonds. The molecule has 0 radical (unpaired) electrons. The molecule has 0 aliphatic carbocycles. The van der Waals surface area contributed by atoms with Crippen molar-refractivity contribution in [1.82, 2.24) is 5.32 Å². The van der Waals surface area contributed by atoms with Crippen LogP contribution in [0.1, 0.15) is 43.7 Å². The molecule has 5 heteroatoms. The predicted molar refractivity (Wildman–Crippen MR) is 82.3 cm³/mol. The maximum atomic E-state index is 12.2. The summed E-state index contributed by atoms with van der Waals surface area (Å²) in [6.07, 6.45) is 8.47. The lowest BCUT2D eigenvalue weighted by Gasteiger charge is -2.26. The second-order valence-electron chi connectivity index (χ2n) is 5.68. The summed E-state index contributed by atoms with van der Waals surface area (Å²) in [7, 11) is 0. The molecule has 22 heavy (non-hydrogen) atoms. The Balaban J connectivity index is 1.52. The minimum atomic E-state index is -0.392. The van der Waals surface area contributed by atoms with Gasteiger partial charge in [0.1, 0.15) is 5.75 Å². The fourth-order valence-electron chi connectivity index (χ4n) is 2.74. The van der Waals surface area contributed by atoms with Crippen LogP contribution in [-0.2, 0) is 4.79 Å². The molecule has 1 aromatic carbocycles. The maximum Gasteiger partial charge on any atom is 0.220 e. The Labute approximate surface area is 130 Å². The van der Waals surface area contributed by atoms with Crippen molar-refractivity contribution in [3.63, 3.8) is 0 Å². The molecule has 114 valence electrons. The van der Waals surface area contributed by atoms with Gasteiger partial charge in [-0.05, 0) is 6.07 Å². The van der Waals surface area contributed by atoms with Gasteiger partial charge in [-0.3, -0.25) is 4.79 Å². The summed E-state index contributed by atoms with van der Waals surface area (Å²) in [6, 6.07) is 7.86. The van der Waals surface area contributed by atoms with Crippen molar-refractivity contribution in [3.05, 3.63) is 29.8 Å². The van der Waals surface area contributed by atoms with Crippen molar-refractivity contribution in [2.75, 3.05) is 6.61 Å². The van der Waals surface area contributed by atoms with Crippen LogP contribution in [0.15, 0.2) is 34.5 Å². The first kappa shape index (κ1) is 14.6. The molecule has 1 aromatic rings. The summed E-state index contributed by atoms with van der Waals surface area (Å²) in [5.74, 6) is 3.48. The fourth-order valence-corrected chi connectivity index (χ4v) is 2.74. The van der Waals surface area contributed by atoms with Crippen LogP contribution in [0.25, 0.3) is 0 Å². The number of nitrogens with one attached hydrogen (secondary N) is 1. The minimum absolute atomic E-state index is 0.0205. The summed E-state index contributed by atoms with van der Waals surface area (Å²) in [6.45, 7) is 0.624. The van der Waals surface area contributed by atoms with E-state index in [2.05, 4.69) is 21.5 Å². The van der Waals surface area contributed by atoms with E-state index in [4.69, 9.17) is 11.2 Å². The number of hydrogen-bond acceptors (Lipinski definition) is 4. The zero-order valence-electron chi connectivity index (χ0n) is 12.4. The molecule has 2 aliphatic rings. The van der Waals surface area contributed by atoms with E-state index in [9.17, 15) is 4.79 Å².